The fraction of sp³-hybridized carbons (Fsp3) is 0.545. The van der Waals surface area contributed by atoms with Crippen molar-refractivity contribution in [2.75, 3.05) is 31.1 Å². The van der Waals surface area contributed by atoms with E-state index in [1.165, 1.54) is 42.2 Å². The van der Waals surface area contributed by atoms with Gasteiger partial charge in [0.05, 0.1) is 11.0 Å². The minimum Gasteiger partial charge on any atom is -0.372 e. The summed E-state index contributed by atoms with van der Waals surface area (Å²) in [6.07, 6.45) is 4.61. The van der Waals surface area contributed by atoms with Gasteiger partial charge >= 0.3 is 0 Å². The molecule has 0 bridgehead atoms. The van der Waals surface area contributed by atoms with Crippen molar-refractivity contribution in [2.24, 2.45) is 4.99 Å². The van der Waals surface area contributed by atoms with E-state index in [0.717, 1.165) is 37.6 Å². The molecule has 152 valence electrons. The van der Waals surface area contributed by atoms with Gasteiger partial charge in [0.1, 0.15) is 0 Å². The zero-order valence-electron chi connectivity index (χ0n) is 17.4. The first-order valence-electron chi connectivity index (χ1n) is 10.5. The third-order valence-corrected chi connectivity index (χ3v) is 6.05. The van der Waals surface area contributed by atoms with E-state index in [-0.39, 0.29) is 6.04 Å². The third kappa shape index (κ3) is 5.96. The molecule has 1 fully saturated rings. The van der Waals surface area contributed by atoms with Crippen LogP contribution in [0.15, 0.2) is 34.6 Å². The molecule has 2 aromatic rings. The predicted molar refractivity (Wildman–Crippen MR) is 121 cm³/mol. The molecule has 1 saturated heterocycles. The summed E-state index contributed by atoms with van der Waals surface area (Å²) in [5.41, 5.74) is 3.75. The van der Waals surface area contributed by atoms with Crippen LogP contribution in [-0.2, 0) is 6.42 Å². The summed E-state index contributed by atoms with van der Waals surface area (Å²) >= 11 is 1.74. The lowest BCUT2D eigenvalue weighted by Gasteiger charge is -2.22. The summed E-state index contributed by atoms with van der Waals surface area (Å²) < 4.78 is 0. The van der Waals surface area contributed by atoms with Crippen LogP contribution in [0.25, 0.3) is 0 Å². The zero-order chi connectivity index (χ0) is 19.8. The van der Waals surface area contributed by atoms with Crippen LogP contribution in [0.2, 0.25) is 0 Å². The van der Waals surface area contributed by atoms with Crippen LogP contribution in [-0.4, -0.2) is 37.1 Å². The van der Waals surface area contributed by atoms with Gasteiger partial charge in [0.15, 0.2) is 5.96 Å². The quantitative estimate of drug-likeness (QED) is 0.395. The molecule has 0 amide bonds. The Labute approximate surface area is 173 Å². The fourth-order valence-corrected chi connectivity index (χ4v) is 4.33. The molecule has 0 radical (unpaired) electrons. The fourth-order valence-electron chi connectivity index (χ4n) is 3.51. The van der Waals surface area contributed by atoms with E-state index < -0.39 is 0 Å². The first kappa shape index (κ1) is 20.6. The Balaban J connectivity index is 1.55. The number of hydrogen-bond acceptors (Lipinski definition) is 4. The molecule has 28 heavy (non-hydrogen) atoms. The second-order valence-corrected chi connectivity index (χ2v) is 8.34. The molecule has 1 aromatic heterocycles. The first-order chi connectivity index (χ1) is 13.7. The number of nitrogens with zero attached hydrogens (tertiary/aromatic N) is 3. The molecule has 1 atom stereocenters. The molecule has 0 spiro atoms. The molecule has 3 rings (SSSR count). The van der Waals surface area contributed by atoms with Crippen LogP contribution in [0, 0.1) is 6.92 Å². The smallest absolute Gasteiger partial charge is 0.191 e. The number of benzene rings is 1. The van der Waals surface area contributed by atoms with E-state index in [1.54, 1.807) is 11.3 Å². The van der Waals surface area contributed by atoms with Gasteiger partial charge in [-0.2, -0.15) is 0 Å². The lowest BCUT2D eigenvalue weighted by Crippen LogP contribution is -2.38. The van der Waals surface area contributed by atoms with Crippen LogP contribution in [0.3, 0.4) is 0 Å². The number of hydrogen-bond donors (Lipinski definition) is 2. The summed E-state index contributed by atoms with van der Waals surface area (Å²) in [6.45, 7) is 10.4. The minimum absolute atomic E-state index is 0.210. The standard InChI is InChI=1S/C22H33N5S/c1-4-23-22(24-12-8-11-21-25-17(2)16-28-21)26-18(3)19-9-7-10-20(15-19)27-13-5-6-14-27/h7,9-10,15-16,18H,4-6,8,11-14H2,1-3H3,(H2,23,24,26). The molecular weight excluding hydrogens is 366 g/mol. The second-order valence-electron chi connectivity index (χ2n) is 7.40. The van der Waals surface area contributed by atoms with Gasteiger partial charge in [-0.1, -0.05) is 12.1 Å². The molecule has 1 aliphatic heterocycles. The largest absolute Gasteiger partial charge is 0.372 e. The van der Waals surface area contributed by atoms with Gasteiger partial charge in [-0.15, -0.1) is 11.3 Å². The highest BCUT2D eigenvalue weighted by Crippen LogP contribution is 2.24. The van der Waals surface area contributed by atoms with E-state index in [4.69, 9.17) is 4.99 Å². The summed E-state index contributed by atoms with van der Waals surface area (Å²) in [5.74, 6) is 0.886. The normalized spacial score (nSPS) is 15.7. The van der Waals surface area contributed by atoms with Crippen molar-refractivity contribution in [3.63, 3.8) is 0 Å². The Morgan fingerprint density at radius 1 is 1.32 bits per heavy atom. The highest BCUT2D eigenvalue weighted by molar-refractivity contribution is 7.09. The molecule has 2 N–H and O–H groups in total. The lowest BCUT2D eigenvalue weighted by atomic mass is 10.1. The Kier molecular flexibility index (Phi) is 7.71. The molecule has 1 aromatic carbocycles. The molecule has 0 saturated carbocycles. The van der Waals surface area contributed by atoms with Gasteiger partial charge in [-0.3, -0.25) is 4.99 Å². The van der Waals surface area contributed by atoms with E-state index >= 15 is 0 Å². The van der Waals surface area contributed by atoms with E-state index in [0.29, 0.717) is 0 Å². The van der Waals surface area contributed by atoms with Crippen molar-refractivity contribution in [2.45, 2.75) is 52.5 Å². The summed E-state index contributed by atoms with van der Waals surface area (Å²) in [4.78, 5) is 11.8. The number of anilines is 1. The average molecular weight is 400 g/mol. The average Bonchev–Trinajstić information content (AvgIpc) is 3.37. The SMILES string of the molecule is CCNC(=NCCCc1nc(C)cs1)NC(C)c1cccc(N2CCCC2)c1. The van der Waals surface area contributed by atoms with Crippen LogP contribution in [0.1, 0.15) is 55.4 Å². The van der Waals surface area contributed by atoms with Crippen LogP contribution in [0.5, 0.6) is 0 Å². The number of aryl methyl sites for hydroxylation is 2. The molecular formula is C22H33N5S. The Morgan fingerprint density at radius 3 is 2.86 bits per heavy atom. The Hall–Kier alpha value is -2.08. The van der Waals surface area contributed by atoms with Crippen molar-refractivity contribution in [1.82, 2.24) is 15.6 Å². The summed E-state index contributed by atoms with van der Waals surface area (Å²) in [5, 5.41) is 10.3. The van der Waals surface area contributed by atoms with Gasteiger partial charge < -0.3 is 15.5 Å². The molecule has 2 heterocycles. The topological polar surface area (TPSA) is 52.6 Å². The Bertz CT molecular complexity index is 764. The molecule has 5 nitrogen and oxygen atoms in total. The van der Waals surface area contributed by atoms with Crippen molar-refractivity contribution < 1.29 is 0 Å². The Morgan fingerprint density at radius 2 is 2.14 bits per heavy atom. The maximum atomic E-state index is 4.76. The highest BCUT2D eigenvalue weighted by Gasteiger charge is 2.14. The van der Waals surface area contributed by atoms with Gasteiger partial charge in [0, 0.05) is 49.4 Å². The number of thiazole rings is 1. The van der Waals surface area contributed by atoms with E-state index in [2.05, 4.69) is 64.0 Å². The van der Waals surface area contributed by atoms with Gasteiger partial charge in [-0.05, 0) is 57.7 Å². The monoisotopic (exact) mass is 399 g/mol. The minimum atomic E-state index is 0.210. The van der Waals surface area contributed by atoms with Crippen LogP contribution >= 0.6 is 11.3 Å². The molecule has 0 aliphatic carbocycles. The van der Waals surface area contributed by atoms with Gasteiger partial charge in [-0.25, -0.2) is 4.98 Å². The number of guanidine groups is 1. The number of rotatable bonds is 8. The molecule has 6 heteroatoms. The number of nitrogens with one attached hydrogen (secondary N) is 2. The predicted octanol–water partition coefficient (Wildman–Crippen LogP) is 4.30. The first-order valence-corrected chi connectivity index (χ1v) is 11.3. The molecule has 1 aliphatic rings. The third-order valence-electron chi connectivity index (χ3n) is 5.02. The highest BCUT2D eigenvalue weighted by atomic mass is 32.1. The van der Waals surface area contributed by atoms with Crippen LogP contribution in [0.4, 0.5) is 5.69 Å². The zero-order valence-corrected chi connectivity index (χ0v) is 18.2. The van der Waals surface area contributed by atoms with Crippen molar-refractivity contribution in [3.05, 3.63) is 45.9 Å². The maximum absolute atomic E-state index is 4.76. The number of aliphatic imine (C=N–C) groups is 1. The van der Waals surface area contributed by atoms with Gasteiger partial charge in [0.25, 0.3) is 0 Å². The molecule has 1 unspecified atom stereocenters. The summed E-state index contributed by atoms with van der Waals surface area (Å²) in [6, 6.07) is 9.12. The number of aromatic nitrogens is 1. The maximum Gasteiger partial charge on any atom is 0.191 e. The summed E-state index contributed by atoms with van der Waals surface area (Å²) in [7, 11) is 0. The van der Waals surface area contributed by atoms with Crippen molar-refractivity contribution >= 4 is 23.0 Å². The van der Waals surface area contributed by atoms with Gasteiger partial charge in [0.2, 0.25) is 0 Å². The van der Waals surface area contributed by atoms with Crippen molar-refractivity contribution in [3.8, 4) is 0 Å². The van der Waals surface area contributed by atoms with E-state index in [1.807, 2.05) is 6.92 Å². The van der Waals surface area contributed by atoms with Crippen molar-refractivity contribution in [1.29, 1.82) is 0 Å². The lowest BCUT2D eigenvalue weighted by molar-refractivity contribution is 0.682. The van der Waals surface area contributed by atoms with E-state index in [9.17, 15) is 0 Å². The van der Waals surface area contributed by atoms with Crippen LogP contribution < -0.4 is 15.5 Å². The second kappa shape index (κ2) is 10.5.